The predicted molar refractivity (Wildman–Crippen MR) is 132 cm³/mol. The third-order valence-electron chi connectivity index (χ3n) is 4.64. The zero-order valence-electron chi connectivity index (χ0n) is 17.6. The van der Waals surface area contributed by atoms with Gasteiger partial charge >= 0.3 is 0 Å². The molecule has 3 N–H and O–H groups in total. The molecule has 4 aromatic rings. The Bertz CT molecular complexity index is 1280. The summed E-state index contributed by atoms with van der Waals surface area (Å²) in [7, 11) is 0. The summed E-state index contributed by atoms with van der Waals surface area (Å²) in [6.45, 7) is 1.96. The van der Waals surface area contributed by atoms with Crippen LogP contribution in [0.5, 0.6) is 0 Å². The fourth-order valence-corrected chi connectivity index (χ4v) is 4.33. The van der Waals surface area contributed by atoms with Gasteiger partial charge in [-0.05, 0) is 35.2 Å². The maximum absolute atomic E-state index is 12.7. The molecule has 0 spiro atoms. The van der Waals surface area contributed by atoms with Crippen molar-refractivity contribution in [2.75, 3.05) is 10.6 Å². The van der Waals surface area contributed by atoms with Crippen LogP contribution in [0.4, 0.5) is 10.8 Å². The zero-order valence-corrected chi connectivity index (χ0v) is 19.3. The molecule has 4 rings (SSSR count). The van der Waals surface area contributed by atoms with E-state index in [4.69, 9.17) is 0 Å². The molecule has 0 radical (unpaired) electrons. The molecular weight excluding hydrogens is 456 g/mol. The van der Waals surface area contributed by atoms with E-state index in [0.29, 0.717) is 27.8 Å². The monoisotopic (exact) mass is 476 g/mol. The third kappa shape index (κ3) is 5.91. The number of carbonyl (C=O) groups excluding carboxylic acids is 3. The molecule has 166 valence electrons. The van der Waals surface area contributed by atoms with Gasteiger partial charge in [0, 0.05) is 35.7 Å². The number of nitrogens with zero attached hydrogens (tertiary/aromatic N) is 1. The molecular formula is C24H20N4O3S2. The van der Waals surface area contributed by atoms with Gasteiger partial charge in [-0.15, -0.1) is 22.7 Å². The third-order valence-corrected chi connectivity index (χ3v) is 6.27. The Hall–Kier alpha value is -3.82. The number of aromatic nitrogens is 1. The maximum atomic E-state index is 12.7. The van der Waals surface area contributed by atoms with Crippen molar-refractivity contribution in [2.45, 2.75) is 13.5 Å². The van der Waals surface area contributed by atoms with Gasteiger partial charge in [0.2, 0.25) is 5.91 Å². The number of hydrogen-bond acceptors (Lipinski definition) is 6. The second-order valence-corrected chi connectivity index (χ2v) is 8.92. The summed E-state index contributed by atoms with van der Waals surface area (Å²) in [4.78, 5) is 41.1. The summed E-state index contributed by atoms with van der Waals surface area (Å²) in [5, 5.41) is 12.6. The van der Waals surface area contributed by atoms with Gasteiger partial charge in [0.25, 0.3) is 11.8 Å². The number of thiazole rings is 1. The SMILES string of the molecule is CC(=O)NCc1ccc(-c2csc(NC(=O)c3cccc(NC(=O)c4cccs4)c3)n2)cc1. The van der Waals surface area contributed by atoms with Crippen LogP contribution < -0.4 is 16.0 Å². The standard InChI is InChI=1S/C24H20N4O3S2/c1-15(29)25-13-16-7-9-17(10-8-16)20-14-33-24(27-20)28-22(30)18-4-2-5-19(12-18)26-23(31)21-6-3-11-32-21/h2-12,14H,13H2,1H3,(H,25,29)(H,26,31)(H,27,28,30). The highest BCUT2D eigenvalue weighted by Gasteiger charge is 2.12. The Morgan fingerprint density at radius 2 is 1.73 bits per heavy atom. The van der Waals surface area contributed by atoms with E-state index in [9.17, 15) is 14.4 Å². The summed E-state index contributed by atoms with van der Waals surface area (Å²) in [6, 6.07) is 18.0. The number of thiophene rings is 1. The van der Waals surface area contributed by atoms with Crippen molar-refractivity contribution in [3.05, 3.63) is 87.4 Å². The van der Waals surface area contributed by atoms with Gasteiger partial charge in [0.1, 0.15) is 0 Å². The van der Waals surface area contributed by atoms with Gasteiger partial charge in [0.05, 0.1) is 10.6 Å². The normalized spacial score (nSPS) is 10.5. The Kier molecular flexibility index (Phi) is 6.92. The quantitative estimate of drug-likeness (QED) is 0.349. The van der Waals surface area contributed by atoms with Gasteiger partial charge in [-0.1, -0.05) is 36.4 Å². The molecule has 0 aliphatic heterocycles. The average Bonchev–Trinajstić information content (AvgIpc) is 3.51. The molecule has 7 nitrogen and oxygen atoms in total. The van der Waals surface area contributed by atoms with E-state index in [-0.39, 0.29) is 17.7 Å². The summed E-state index contributed by atoms with van der Waals surface area (Å²) in [5.74, 6) is -0.599. The summed E-state index contributed by atoms with van der Waals surface area (Å²) < 4.78 is 0. The van der Waals surface area contributed by atoms with E-state index in [1.54, 1.807) is 30.3 Å². The number of rotatable bonds is 7. The predicted octanol–water partition coefficient (Wildman–Crippen LogP) is 5.01. The summed E-state index contributed by atoms with van der Waals surface area (Å²) in [6.07, 6.45) is 0. The highest BCUT2D eigenvalue weighted by molar-refractivity contribution is 7.14. The minimum absolute atomic E-state index is 0.0746. The smallest absolute Gasteiger partial charge is 0.265 e. The van der Waals surface area contributed by atoms with Crippen molar-refractivity contribution in [1.29, 1.82) is 0 Å². The Labute approximate surface area is 198 Å². The van der Waals surface area contributed by atoms with Crippen LogP contribution in [-0.4, -0.2) is 22.7 Å². The minimum atomic E-state index is -0.311. The van der Waals surface area contributed by atoms with Crippen LogP contribution in [-0.2, 0) is 11.3 Å². The van der Waals surface area contributed by atoms with Crippen LogP contribution in [0.1, 0.15) is 32.5 Å². The molecule has 0 atom stereocenters. The van der Waals surface area contributed by atoms with Crippen molar-refractivity contribution < 1.29 is 14.4 Å². The molecule has 2 heterocycles. The molecule has 33 heavy (non-hydrogen) atoms. The number of carbonyl (C=O) groups is 3. The van der Waals surface area contributed by atoms with E-state index in [0.717, 1.165) is 16.8 Å². The lowest BCUT2D eigenvalue weighted by atomic mass is 10.1. The van der Waals surface area contributed by atoms with Crippen LogP contribution in [0, 0.1) is 0 Å². The lowest BCUT2D eigenvalue weighted by Gasteiger charge is -2.06. The molecule has 3 amide bonds. The molecule has 0 saturated heterocycles. The first-order chi connectivity index (χ1) is 16.0. The van der Waals surface area contributed by atoms with E-state index in [1.807, 2.05) is 41.1 Å². The van der Waals surface area contributed by atoms with Crippen molar-refractivity contribution in [3.63, 3.8) is 0 Å². The van der Waals surface area contributed by atoms with Crippen molar-refractivity contribution >= 4 is 51.2 Å². The largest absolute Gasteiger partial charge is 0.352 e. The molecule has 0 bridgehead atoms. The number of anilines is 2. The van der Waals surface area contributed by atoms with E-state index < -0.39 is 0 Å². The van der Waals surface area contributed by atoms with Gasteiger partial charge in [-0.3, -0.25) is 19.7 Å². The first kappa shape index (κ1) is 22.4. The second kappa shape index (κ2) is 10.2. The Balaban J connectivity index is 1.39. The fourth-order valence-electron chi connectivity index (χ4n) is 2.99. The molecule has 0 aliphatic rings. The van der Waals surface area contributed by atoms with Crippen LogP contribution in [0.15, 0.2) is 71.4 Å². The Morgan fingerprint density at radius 3 is 2.45 bits per heavy atom. The first-order valence-corrected chi connectivity index (χ1v) is 11.8. The van der Waals surface area contributed by atoms with Gasteiger partial charge in [-0.2, -0.15) is 0 Å². The average molecular weight is 477 g/mol. The number of nitrogens with one attached hydrogen (secondary N) is 3. The maximum Gasteiger partial charge on any atom is 0.265 e. The molecule has 9 heteroatoms. The fraction of sp³-hybridized carbons (Fsp3) is 0.0833. The van der Waals surface area contributed by atoms with Crippen molar-refractivity contribution in [2.24, 2.45) is 0 Å². The molecule has 0 unspecified atom stereocenters. The number of amides is 3. The van der Waals surface area contributed by atoms with Crippen molar-refractivity contribution in [1.82, 2.24) is 10.3 Å². The minimum Gasteiger partial charge on any atom is -0.352 e. The topological polar surface area (TPSA) is 100 Å². The van der Waals surface area contributed by atoms with Crippen molar-refractivity contribution in [3.8, 4) is 11.3 Å². The lowest BCUT2D eigenvalue weighted by Crippen LogP contribution is -2.18. The number of benzene rings is 2. The lowest BCUT2D eigenvalue weighted by molar-refractivity contribution is -0.119. The van der Waals surface area contributed by atoms with E-state index in [2.05, 4.69) is 20.9 Å². The van der Waals surface area contributed by atoms with Gasteiger partial charge < -0.3 is 10.6 Å². The van der Waals surface area contributed by atoms with E-state index >= 15 is 0 Å². The molecule has 2 aromatic heterocycles. The van der Waals surface area contributed by atoms with Gasteiger partial charge in [0.15, 0.2) is 5.13 Å². The highest BCUT2D eigenvalue weighted by atomic mass is 32.1. The molecule has 0 aliphatic carbocycles. The van der Waals surface area contributed by atoms with E-state index in [1.165, 1.54) is 29.6 Å². The Morgan fingerprint density at radius 1 is 0.909 bits per heavy atom. The zero-order chi connectivity index (χ0) is 23.2. The molecule has 2 aromatic carbocycles. The van der Waals surface area contributed by atoms with Gasteiger partial charge in [-0.25, -0.2) is 4.98 Å². The van der Waals surface area contributed by atoms with Crippen LogP contribution >= 0.6 is 22.7 Å². The van der Waals surface area contributed by atoms with Crippen LogP contribution in [0.2, 0.25) is 0 Å². The van der Waals surface area contributed by atoms with Crippen LogP contribution in [0.25, 0.3) is 11.3 Å². The highest BCUT2D eigenvalue weighted by Crippen LogP contribution is 2.26. The number of hydrogen-bond donors (Lipinski definition) is 3. The summed E-state index contributed by atoms with van der Waals surface area (Å²) >= 11 is 2.68. The first-order valence-electron chi connectivity index (χ1n) is 10.0. The second-order valence-electron chi connectivity index (χ2n) is 7.11. The molecule has 0 fully saturated rings. The summed E-state index contributed by atoms with van der Waals surface area (Å²) in [5.41, 5.74) is 3.61. The molecule has 0 saturated carbocycles. The van der Waals surface area contributed by atoms with Crippen LogP contribution in [0.3, 0.4) is 0 Å².